The summed E-state index contributed by atoms with van der Waals surface area (Å²) in [4.78, 5) is 26.8. The summed E-state index contributed by atoms with van der Waals surface area (Å²) < 4.78 is 5.54. The summed E-state index contributed by atoms with van der Waals surface area (Å²) in [5, 5.41) is 3.54. The average Bonchev–Trinajstić information content (AvgIpc) is 2.92. The molecule has 1 N–H and O–H groups in total. The largest absolute Gasteiger partial charge is 0.484 e. The van der Waals surface area contributed by atoms with E-state index in [0.717, 1.165) is 11.3 Å². The fourth-order valence-corrected chi connectivity index (χ4v) is 3.98. The van der Waals surface area contributed by atoms with Crippen LogP contribution >= 0.6 is 11.6 Å². The van der Waals surface area contributed by atoms with E-state index in [4.69, 9.17) is 16.3 Å². The van der Waals surface area contributed by atoms with Crippen LogP contribution in [0.2, 0.25) is 5.02 Å². The molecule has 0 saturated carbocycles. The number of ether oxygens (including phenoxy) is 1. The molecule has 2 amide bonds. The van der Waals surface area contributed by atoms with E-state index in [-0.39, 0.29) is 18.4 Å². The molecular weight excluding hydrogens is 352 g/mol. The van der Waals surface area contributed by atoms with Crippen molar-refractivity contribution in [3.63, 3.8) is 0 Å². The number of carbonyl (C=O) groups is 2. The van der Waals surface area contributed by atoms with Crippen LogP contribution in [0.5, 0.6) is 5.75 Å². The van der Waals surface area contributed by atoms with Gasteiger partial charge < -0.3 is 15.0 Å². The molecule has 2 aromatic rings. The zero-order chi connectivity index (χ0) is 18.1. The third kappa shape index (κ3) is 2.92. The lowest BCUT2D eigenvalue weighted by atomic mass is 9.73. The molecule has 1 saturated heterocycles. The first-order valence-electron chi connectivity index (χ1n) is 8.66. The van der Waals surface area contributed by atoms with E-state index in [1.165, 1.54) is 0 Å². The molecule has 0 aliphatic carbocycles. The van der Waals surface area contributed by atoms with Gasteiger partial charge in [-0.15, -0.1) is 0 Å². The first-order chi connectivity index (χ1) is 12.6. The number of halogens is 1. The molecule has 0 bridgehead atoms. The Kier molecular flexibility index (Phi) is 4.32. The summed E-state index contributed by atoms with van der Waals surface area (Å²) in [6.45, 7) is 1.05. The van der Waals surface area contributed by atoms with Crippen LogP contribution in [-0.2, 0) is 15.0 Å². The van der Waals surface area contributed by atoms with Crippen molar-refractivity contribution in [3.8, 4) is 5.75 Å². The smallest absolute Gasteiger partial charge is 0.260 e. The van der Waals surface area contributed by atoms with Crippen LogP contribution < -0.4 is 10.1 Å². The summed E-state index contributed by atoms with van der Waals surface area (Å²) in [5.41, 5.74) is 1.43. The van der Waals surface area contributed by atoms with Crippen LogP contribution in [0, 0.1) is 0 Å². The number of hydrogen-bond donors (Lipinski definition) is 1. The van der Waals surface area contributed by atoms with Gasteiger partial charge in [-0.3, -0.25) is 9.59 Å². The van der Waals surface area contributed by atoms with Gasteiger partial charge in [-0.2, -0.15) is 0 Å². The predicted molar refractivity (Wildman–Crippen MR) is 99.5 cm³/mol. The molecule has 4 rings (SSSR count). The summed E-state index contributed by atoms with van der Waals surface area (Å²) in [5.74, 6) is 0.538. The number of nitrogens with one attached hydrogen (secondary N) is 1. The van der Waals surface area contributed by atoms with Gasteiger partial charge in [0.1, 0.15) is 5.75 Å². The molecule has 1 fully saturated rings. The van der Waals surface area contributed by atoms with Gasteiger partial charge >= 0.3 is 0 Å². The van der Waals surface area contributed by atoms with Crippen LogP contribution in [0.3, 0.4) is 0 Å². The number of likely N-dealkylation sites (tertiary alicyclic amines) is 1. The molecule has 0 atom stereocenters. The third-order valence-corrected chi connectivity index (χ3v) is 5.49. The van der Waals surface area contributed by atoms with Crippen molar-refractivity contribution < 1.29 is 14.3 Å². The van der Waals surface area contributed by atoms with Crippen LogP contribution in [0.4, 0.5) is 5.69 Å². The van der Waals surface area contributed by atoms with Crippen LogP contribution in [-0.4, -0.2) is 36.4 Å². The lowest BCUT2D eigenvalue weighted by Gasteiger charge is -2.37. The topological polar surface area (TPSA) is 58.6 Å². The van der Waals surface area contributed by atoms with E-state index < -0.39 is 5.41 Å². The first kappa shape index (κ1) is 16.9. The highest BCUT2D eigenvalue weighted by atomic mass is 35.5. The Morgan fingerprint density at radius 1 is 1.15 bits per heavy atom. The van der Waals surface area contributed by atoms with Crippen molar-refractivity contribution in [1.82, 2.24) is 4.90 Å². The maximum Gasteiger partial charge on any atom is 0.260 e. The first-order valence-corrected chi connectivity index (χ1v) is 9.03. The number of para-hydroxylation sites is 1. The minimum absolute atomic E-state index is 0.0316. The van der Waals surface area contributed by atoms with E-state index in [1.54, 1.807) is 29.2 Å². The van der Waals surface area contributed by atoms with E-state index in [1.807, 2.05) is 24.3 Å². The highest BCUT2D eigenvalue weighted by Gasteiger charge is 2.48. The van der Waals surface area contributed by atoms with Crippen molar-refractivity contribution in [3.05, 3.63) is 59.1 Å². The minimum Gasteiger partial charge on any atom is -0.484 e. The van der Waals surface area contributed by atoms with Gasteiger partial charge in [0.15, 0.2) is 6.61 Å². The fraction of sp³-hybridized carbons (Fsp3) is 0.300. The quantitative estimate of drug-likeness (QED) is 0.902. The second-order valence-corrected chi connectivity index (χ2v) is 7.15. The lowest BCUT2D eigenvalue weighted by Crippen LogP contribution is -2.49. The van der Waals surface area contributed by atoms with Gasteiger partial charge in [0.05, 0.1) is 5.41 Å². The highest BCUT2D eigenvalue weighted by Crippen LogP contribution is 2.44. The molecule has 2 heterocycles. The van der Waals surface area contributed by atoms with E-state index in [0.29, 0.717) is 36.7 Å². The molecule has 1 spiro atoms. The minimum atomic E-state index is -0.513. The standard InChI is InChI=1S/C20H19ClN2O3/c21-14-4-3-5-15(12-14)26-13-18(24)23-10-8-20(9-11-23)16-6-1-2-7-17(16)22-19(20)25/h1-7,12H,8-11,13H2,(H,22,25). The van der Waals surface area contributed by atoms with E-state index in [2.05, 4.69) is 5.32 Å². The normalized spacial score (nSPS) is 17.7. The Morgan fingerprint density at radius 2 is 1.92 bits per heavy atom. The summed E-state index contributed by atoms with van der Waals surface area (Å²) in [6, 6.07) is 14.8. The molecule has 0 unspecified atom stereocenters. The van der Waals surface area contributed by atoms with Crippen molar-refractivity contribution in [2.75, 3.05) is 25.0 Å². The zero-order valence-corrected chi connectivity index (χ0v) is 15.0. The number of rotatable bonds is 3. The molecule has 2 aliphatic rings. The molecule has 2 aromatic carbocycles. The maximum absolute atomic E-state index is 12.6. The Bertz CT molecular complexity index is 860. The molecule has 26 heavy (non-hydrogen) atoms. The zero-order valence-electron chi connectivity index (χ0n) is 14.2. The number of benzene rings is 2. The van der Waals surface area contributed by atoms with Crippen LogP contribution in [0.25, 0.3) is 0 Å². The monoisotopic (exact) mass is 370 g/mol. The molecule has 0 radical (unpaired) electrons. The summed E-state index contributed by atoms with van der Waals surface area (Å²) in [6.07, 6.45) is 1.25. The van der Waals surface area contributed by atoms with Crippen molar-refractivity contribution in [2.24, 2.45) is 0 Å². The van der Waals surface area contributed by atoms with Crippen molar-refractivity contribution >= 4 is 29.1 Å². The van der Waals surface area contributed by atoms with E-state index in [9.17, 15) is 9.59 Å². The third-order valence-electron chi connectivity index (χ3n) is 5.25. The lowest BCUT2D eigenvalue weighted by molar-refractivity contribution is -0.137. The van der Waals surface area contributed by atoms with Crippen LogP contribution in [0.1, 0.15) is 18.4 Å². The summed E-state index contributed by atoms with van der Waals surface area (Å²) >= 11 is 5.92. The Hall–Kier alpha value is -2.53. The average molecular weight is 371 g/mol. The molecular formula is C20H19ClN2O3. The van der Waals surface area contributed by atoms with Gasteiger partial charge in [-0.1, -0.05) is 35.9 Å². The SMILES string of the molecule is O=C(COc1cccc(Cl)c1)N1CCC2(CC1)C(=O)Nc1ccccc12. The molecule has 134 valence electrons. The molecule has 0 aromatic heterocycles. The Labute approximate surface area is 156 Å². The number of fused-ring (bicyclic) bond motifs is 2. The van der Waals surface area contributed by atoms with Crippen LogP contribution in [0.15, 0.2) is 48.5 Å². The van der Waals surface area contributed by atoms with Gasteiger partial charge in [0.2, 0.25) is 5.91 Å². The second-order valence-electron chi connectivity index (χ2n) is 6.71. The molecule has 5 nitrogen and oxygen atoms in total. The molecule has 6 heteroatoms. The predicted octanol–water partition coefficient (Wildman–Crippen LogP) is 3.23. The number of nitrogens with zero attached hydrogens (tertiary/aromatic N) is 1. The number of amides is 2. The van der Waals surface area contributed by atoms with Crippen molar-refractivity contribution in [1.29, 1.82) is 0 Å². The highest BCUT2D eigenvalue weighted by molar-refractivity contribution is 6.30. The number of piperidine rings is 1. The number of anilines is 1. The van der Waals surface area contributed by atoms with Gasteiger partial charge in [-0.05, 0) is 42.7 Å². The van der Waals surface area contributed by atoms with Gasteiger partial charge in [0.25, 0.3) is 5.91 Å². The second kappa shape index (κ2) is 6.65. The number of carbonyl (C=O) groups excluding carboxylic acids is 2. The maximum atomic E-state index is 12.6. The van der Waals surface area contributed by atoms with E-state index >= 15 is 0 Å². The Morgan fingerprint density at radius 3 is 2.69 bits per heavy atom. The van der Waals surface area contributed by atoms with Crippen molar-refractivity contribution in [2.45, 2.75) is 18.3 Å². The number of hydrogen-bond acceptors (Lipinski definition) is 3. The fourth-order valence-electron chi connectivity index (χ4n) is 3.80. The Balaban J connectivity index is 1.39. The van der Waals surface area contributed by atoms with Gasteiger partial charge in [0, 0.05) is 23.8 Å². The molecule has 2 aliphatic heterocycles. The van der Waals surface area contributed by atoms with Gasteiger partial charge in [-0.25, -0.2) is 0 Å². The summed E-state index contributed by atoms with van der Waals surface area (Å²) in [7, 11) is 0.